The van der Waals surface area contributed by atoms with Crippen molar-refractivity contribution in [1.29, 1.82) is 5.26 Å². The summed E-state index contributed by atoms with van der Waals surface area (Å²) in [6.07, 6.45) is 4.81. The Balaban J connectivity index is 2.18. The van der Waals surface area contributed by atoms with E-state index in [1.165, 1.54) is 24.8 Å². The monoisotopic (exact) mass is 244 g/mol. The molecule has 0 saturated carbocycles. The van der Waals surface area contributed by atoms with Gasteiger partial charge in [-0.05, 0) is 49.9 Å². The summed E-state index contributed by atoms with van der Waals surface area (Å²) in [5, 5.41) is 12.7. The average Bonchev–Trinajstić information content (AvgIpc) is 2.39. The van der Waals surface area contributed by atoms with Gasteiger partial charge in [-0.15, -0.1) is 0 Å². The molecule has 0 amide bonds. The number of benzene rings is 1. The maximum absolute atomic E-state index is 9.16. The lowest BCUT2D eigenvalue weighted by molar-refractivity contribution is 0.397. The zero-order valence-electron chi connectivity index (χ0n) is 11.1. The Morgan fingerprint density at radius 2 is 2.28 bits per heavy atom. The number of hydrogen-bond acceptors (Lipinski definition) is 3. The van der Waals surface area contributed by atoms with Gasteiger partial charge < -0.3 is 10.1 Å². The van der Waals surface area contributed by atoms with Gasteiger partial charge in [0.05, 0.1) is 12.7 Å². The molecule has 3 heteroatoms. The first kappa shape index (κ1) is 12.9. The number of piperidine rings is 1. The molecule has 1 fully saturated rings. The van der Waals surface area contributed by atoms with Crippen molar-refractivity contribution in [3.63, 3.8) is 0 Å². The molecule has 1 aliphatic rings. The number of hydrogen-bond donors (Lipinski definition) is 1. The Kier molecular flexibility index (Phi) is 4.22. The van der Waals surface area contributed by atoms with Crippen LogP contribution in [-0.2, 0) is 6.42 Å². The van der Waals surface area contributed by atoms with E-state index in [9.17, 15) is 0 Å². The highest BCUT2D eigenvalue weighted by atomic mass is 16.5. The highest BCUT2D eigenvalue weighted by Gasteiger charge is 2.15. The van der Waals surface area contributed by atoms with E-state index in [2.05, 4.69) is 17.5 Å². The van der Waals surface area contributed by atoms with Crippen molar-refractivity contribution in [3.8, 4) is 11.8 Å². The number of nitrogens with zero attached hydrogens (tertiary/aromatic N) is 1. The first-order chi connectivity index (χ1) is 8.74. The minimum atomic E-state index is 0.554. The first-order valence-corrected chi connectivity index (χ1v) is 6.55. The van der Waals surface area contributed by atoms with E-state index in [0.717, 1.165) is 18.5 Å². The van der Waals surface area contributed by atoms with E-state index in [0.29, 0.717) is 17.4 Å². The second-order valence-corrected chi connectivity index (χ2v) is 4.96. The molecule has 1 N–H and O–H groups in total. The van der Waals surface area contributed by atoms with Gasteiger partial charge in [0.1, 0.15) is 11.8 Å². The van der Waals surface area contributed by atoms with Crippen LogP contribution in [0.4, 0.5) is 0 Å². The van der Waals surface area contributed by atoms with Crippen LogP contribution in [0.2, 0.25) is 0 Å². The Morgan fingerprint density at radius 1 is 1.44 bits per heavy atom. The van der Waals surface area contributed by atoms with Crippen molar-refractivity contribution in [2.45, 2.75) is 38.6 Å². The summed E-state index contributed by atoms with van der Waals surface area (Å²) in [7, 11) is 1.62. The molecular weight excluding hydrogens is 224 g/mol. The SMILES string of the molecule is COc1c(C)cc(CC2CCCCN2)cc1C#N. The van der Waals surface area contributed by atoms with E-state index < -0.39 is 0 Å². The summed E-state index contributed by atoms with van der Waals surface area (Å²) >= 11 is 0. The third-order valence-corrected chi connectivity index (χ3v) is 3.55. The lowest BCUT2D eigenvalue weighted by atomic mass is 9.95. The maximum atomic E-state index is 9.16. The van der Waals surface area contributed by atoms with E-state index >= 15 is 0 Å². The molecule has 0 radical (unpaired) electrons. The van der Waals surface area contributed by atoms with Gasteiger partial charge in [0.15, 0.2) is 0 Å². The zero-order chi connectivity index (χ0) is 13.0. The lowest BCUT2D eigenvalue weighted by Crippen LogP contribution is -2.35. The Bertz CT molecular complexity index is 456. The molecule has 1 atom stereocenters. The second-order valence-electron chi connectivity index (χ2n) is 4.96. The van der Waals surface area contributed by atoms with E-state index in [1.807, 2.05) is 13.0 Å². The van der Waals surface area contributed by atoms with Crippen LogP contribution in [0.15, 0.2) is 12.1 Å². The predicted octanol–water partition coefficient (Wildman–Crippen LogP) is 2.56. The zero-order valence-corrected chi connectivity index (χ0v) is 11.1. The standard InChI is InChI=1S/C15H20N2O/c1-11-7-12(8-13(10-16)15(11)18-2)9-14-5-3-4-6-17-14/h7-8,14,17H,3-6,9H2,1-2H3. The van der Waals surface area contributed by atoms with E-state index in [4.69, 9.17) is 10.00 Å². The van der Waals surface area contributed by atoms with Gasteiger partial charge in [0.25, 0.3) is 0 Å². The molecule has 1 saturated heterocycles. The lowest BCUT2D eigenvalue weighted by Gasteiger charge is -2.23. The summed E-state index contributed by atoms with van der Waals surface area (Å²) in [5.74, 6) is 0.706. The average molecular weight is 244 g/mol. The molecule has 18 heavy (non-hydrogen) atoms. The van der Waals surface area contributed by atoms with Crippen LogP contribution < -0.4 is 10.1 Å². The summed E-state index contributed by atoms with van der Waals surface area (Å²) < 4.78 is 5.27. The fourth-order valence-electron chi connectivity index (χ4n) is 2.70. The van der Waals surface area contributed by atoms with E-state index in [-0.39, 0.29) is 0 Å². The molecule has 1 heterocycles. The van der Waals surface area contributed by atoms with Gasteiger partial charge in [0, 0.05) is 6.04 Å². The molecular formula is C15H20N2O. The Morgan fingerprint density at radius 3 is 2.89 bits per heavy atom. The summed E-state index contributed by atoms with van der Waals surface area (Å²) in [6, 6.07) is 6.87. The number of methoxy groups -OCH3 is 1. The molecule has 2 rings (SSSR count). The van der Waals surface area contributed by atoms with Crippen molar-refractivity contribution in [2.75, 3.05) is 13.7 Å². The van der Waals surface area contributed by atoms with Gasteiger partial charge in [-0.3, -0.25) is 0 Å². The van der Waals surface area contributed by atoms with Crippen LogP contribution in [0.1, 0.15) is 36.0 Å². The molecule has 0 bridgehead atoms. The third-order valence-electron chi connectivity index (χ3n) is 3.55. The number of ether oxygens (including phenoxy) is 1. The predicted molar refractivity (Wildman–Crippen MR) is 71.8 cm³/mol. The summed E-state index contributed by atoms with van der Waals surface area (Å²) in [5.41, 5.74) is 2.91. The third kappa shape index (κ3) is 2.83. The highest BCUT2D eigenvalue weighted by Crippen LogP contribution is 2.25. The van der Waals surface area contributed by atoms with Gasteiger partial charge in [-0.2, -0.15) is 5.26 Å². The van der Waals surface area contributed by atoms with Crippen LogP contribution in [-0.4, -0.2) is 19.7 Å². The van der Waals surface area contributed by atoms with Gasteiger partial charge >= 0.3 is 0 Å². The smallest absolute Gasteiger partial charge is 0.139 e. The van der Waals surface area contributed by atoms with Crippen LogP contribution in [0, 0.1) is 18.3 Å². The fraction of sp³-hybridized carbons (Fsp3) is 0.533. The molecule has 1 aromatic carbocycles. The van der Waals surface area contributed by atoms with Crippen molar-refractivity contribution in [3.05, 3.63) is 28.8 Å². The highest BCUT2D eigenvalue weighted by molar-refractivity contribution is 5.50. The minimum Gasteiger partial charge on any atom is -0.495 e. The van der Waals surface area contributed by atoms with Crippen LogP contribution in [0.25, 0.3) is 0 Å². The minimum absolute atomic E-state index is 0.554. The van der Waals surface area contributed by atoms with Crippen LogP contribution in [0.3, 0.4) is 0 Å². The Labute approximate surface area is 109 Å². The fourth-order valence-corrected chi connectivity index (χ4v) is 2.70. The largest absolute Gasteiger partial charge is 0.495 e. The maximum Gasteiger partial charge on any atom is 0.139 e. The molecule has 0 spiro atoms. The quantitative estimate of drug-likeness (QED) is 0.888. The van der Waals surface area contributed by atoms with Crippen molar-refractivity contribution in [1.82, 2.24) is 5.32 Å². The summed E-state index contributed by atoms with van der Waals surface area (Å²) in [4.78, 5) is 0. The molecule has 1 aromatic rings. The number of rotatable bonds is 3. The Hall–Kier alpha value is -1.53. The molecule has 1 unspecified atom stereocenters. The first-order valence-electron chi connectivity index (χ1n) is 6.55. The van der Waals surface area contributed by atoms with Gasteiger partial charge in [-0.1, -0.05) is 12.5 Å². The normalized spacial score (nSPS) is 19.3. The molecule has 0 aliphatic carbocycles. The molecule has 1 aliphatic heterocycles. The van der Waals surface area contributed by atoms with Crippen molar-refractivity contribution < 1.29 is 4.74 Å². The van der Waals surface area contributed by atoms with Gasteiger partial charge in [0.2, 0.25) is 0 Å². The van der Waals surface area contributed by atoms with Crippen molar-refractivity contribution in [2.24, 2.45) is 0 Å². The number of nitriles is 1. The number of aryl methyl sites for hydroxylation is 1. The molecule has 96 valence electrons. The van der Waals surface area contributed by atoms with E-state index in [1.54, 1.807) is 7.11 Å². The molecule has 0 aromatic heterocycles. The summed E-state index contributed by atoms with van der Waals surface area (Å²) in [6.45, 7) is 3.11. The molecule has 3 nitrogen and oxygen atoms in total. The van der Waals surface area contributed by atoms with Crippen LogP contribution >= 0.6 is 0 Å². The van der Waals surface area contributed by atoms with Crippen molar-refractivity contribution >= 4 is 0 Å². The van der Waals surface area contributed by atoms with Gasteiger partial charge in [-0.25, -0.2) is 0 Å². The number of nitrogens with one attached hydrogen (secondary N) is 1. The van der Waals surface area contributed by atoms with Crippen LogP contribution in [0.5, 0.6) is 5.75 Å². The second kappa shape index (κ2) is 5.88. The topological polar surface area (TPSA) is 45.0 Å².